The molecule has 0 aliphatic rings. The Labute approximate surface area is 155 Å². The van der Waals surface area contributed by atoms with E-state index in [0.29, 0.717) is 35.4 Å². The van der Waals surface area contributed by atoms with Gasteiger partial charge in [-0.15, -0.1) is 10.2 Å². The normalized spacial score (nSPS) is 10.3. The van der Waals surface area contributed by atoms with Crippen LogP contribution in [0.4, 0.5) is 0 Å². The second-order valence-electron chi connectivity index (χ2n) is 5.14. The van der Waals surface area contributed by atoms with Crippen LogP contribution in [0.25, 0.3) is 11.4 Å². The summed E-state index contributed by atoms with van der Waals surface area (Å²) >= 11 is 0. The Balaban J connectivity index is 1.81. The zero-order valence-electron chi connectivity index (χ0n) is 14.8. The van der Waals surface area contributed by atoms with Crippen molar-refractivity contribution < 1.29 is 19.0 Å². The van der Waals surface area contributed by atoms with Crippen molar-refractivity contribution >= 4 is 5.97 Å². The Hall–Kier alpha value is -3.62. The molecule has 9 heteroatoms. The van der Waals surface area contributed by atoms with Crippen LogP contribution < -0.4 is 9.47 Å². The number of pyridine rings is 2. The van der Waals surface area contributed by atoms with Gasteiger partial charge in [0.15, 0.2) is 17.3 Å². The molecule has 3 heterocycles. The zero-order chi connectivity index (χ0) is 19.1. The van der Waals surface area contributed by atoms with Crippen molar-refractivity contribution in [3.05, 3.63) is 48.7 Å². The molecule has 0 spiro atoms. The van der Waals surface area contributed by atoms with Crippen molar-refractivity contribution in [1.82, 2.24) is 25.1 Å². The van der Waals surface area contributed by atoms with Crippen molar-refractivity contribution in [3.63, 3.8) is 0 Å². The van der Waals surface area contributed by atoms with E-state index < -0.39 is 5.97 Å². The van der Waals surface area contributed by atoms with E-state index >= 15 is 0 Å². The topological polar surface area (TPSA) is 109 Å². The molecule has 138 valence electrons. The van der Waals surface area contributed by atoms with Gasteiger partial charge in [-0.3, -0.25) is 4.98 Å². The summed E-state index contributed by atoms with van der Waals surface area (Å²) in [6.07, 6.45) is 6.01. The Morgan fingerprint density at radius 2 is 1.96 bits per heavy atom. The summed E-state index contributed by atoms with van der Waals surface area (Å²) in [6.45, 7) is 4.33. The smallest absolute Gasteiger partial charge is 0.360 e. The van der Waals surface area contributed by atoms with Gasteiger partial charge in [0.1, 0.15) is 5.75 Å². The number of aromatic nitrogens is 5. The molecule has 0 N–H and O–H groups in total. The van der Waals surface area contributed by atoms with Crippen molar-refractivity contribution in [3.8, 4) is 28.8 Å². The second kappa shape index (κ2) is 8.65. The van der Waals surface area contributed by atoms with Crippen LogP contribution in [-0.2, 0) is 4.74 Å². The molecule has 0 fully saturated rings. The average Bonchev–Trinajstić information content (AvgIpc) is 2.70. The summed E-state index contributed by atoms with van der Waals surface area (Å²) in [5.41, 5.74) is 0.611. The maximum absolute atomic E-state index is 11.6. The summed E-state index contributed by atoms with van der Waals surface area (Å²) in [4.78, 5) is 24.1. The number of rotatable bonds is 7. The van der Waals surface area contributed by atoms with Crippen LogP contribution in [-0.4, -0.2) is 44.3 Å². The summed E-state index contributed by atoms with van der Waals surface area (Å²) in [5, 5.41) is 7.79. The Morgan fingerprint density at radius 1 is 1.07 bits per heavy atom. The molecule has 0 aliphatic heterocycles. The molecule has 0 aliphatic carbocycles. The molecule has 27 heavy (non-hydrogen) atoms. The molecule has 0 amide bonds. The third-order valence-electron chi connectivity index (χ3n) is 3.27. The second-order valence-corrected chi connectivity index (χ2v) is 5.14. The molecule has 0 radical (unpaired) electrons. The molecule has 3 rings (SSSR count). The maximum Gasteiger partial charge on any atom is 0.360 e. The summed E-state index contributed by atoms with van der Waals surface area (Å²) in [5.74, 6) is 1.02. The SMILES string of the molecule is CCOC(=O)c1cnc(-c2cncc(Oc3ncccc3OCC)c2)nn1. The van der Waals surface area contributed by atoms with Gasteiger partial charge in [-0.2, -0.15) is 0 Å². The highest BCUT2D eigenvalue weighted by Gasteiger charge is 2.12. The number of esters is 1. The molecule has 0 aromatic carbocycles. The summed E-state index contributed by atoms with van der Waals surface area (Å²) in [7, 11) is 0. The first-order valence-electron chi connectivity index (χ1n) is 8.29. The fourth-order valence-corrected chi connectivity index (χ4v) is 2.13. The molecule has 0 unspecified atom stereocenters. The molecule has 0 bridgehead atoms. The van der Waals surface area contributed by atoms with E-state index in [2.05, 4.69) is 25.1 Å². The first-order valence-corrected chi connectivity index (χ1v) is 8.29. The Kier molecular flexibility index (Phi) is 5.83. The number of hydrogen-bond acceptors (Lipinski definition) is 9. The minimum absolute atomic E-state index is 0.0378. The van der Waals surface area contributed by atoms with Gasteiger partial charge in [0.2, 0.25) is 0 Å². The third kappa shape index (κ3) is 4.51. The lowest BCUT2D eigenvalue weighted by molar-refractivity contribution is 0.0517. The van der Waals surface area contributed by atoms with Gasteiger partial charge in [-0.05, 0) is 32.0 Å². The van der Waals surface area contributed by atoms with Gasteiger partial charge in [0.05, 0.1) is 25.6 Å². The molecule has 0 saturated carbocycles. The van der Waals surface area contributed by atoms with Crippen molar-refractivity contribution in [2.24, 2.45) is 0 Å². The van der Waals surface area contributed by atoms with Crippen LogP contribution in [0.2, 0.25) is 0 Å². The van der Waals surface area contributed by atoms with Crippen LogP contribution in [0.3, 0.4) is 0 Å². The quantitative estimate of drug-likeness (QED) is 0.582. The maximum atomic E-state index is 11.6. The van der Waals surface area contributed by atoms with Gasteiger partial charge in [0, 0.05) is 18.0 Å². The van der Waals surface area contributed by atoms with E-state index in [0.717, 1.165) is 0 Å². The summed E-state index contributed by atoms with van der Waals surface area (Å²) < 4.78 is 16.1. The van der Waals surface area contributed by atoms with Gasteiger partial charge in [-0.1, -0.05) is 0 Å². The molecule has 3 aromatic rings. The number of nitrogens with zero attached hydrogens (tertiary/aromatic N) is 5. The lowest BCUT2D eigenvalue weighted by Gasteiger charge is -2.10. The molecule has 9 nitrogen and oxygen atoms in total. The molecule has 0 saturated heterocycles. The fourth-order valence-electron chi connectivity index (χ4n) is 2.13. The van der Waals surface area contributed by atoms with Crippen molar-refractivity contribution in [1.29, 1.82) is 0 Å². The predicted octanol–water partition coefficient (Wildman–Crippen LogP) is 2.70. The van der Waals surface area contributed by atoms with Crippen LogP contribution in [0.1, 0.15) is 24.3 Å². The fraction of sp³-hybridized carbons (Fsp3) is 0.222. The van der Waals surface area contributed by atoms with Crippen LogP contribution in [0, 0.1) is 0 Å². The summed E-state index contributed by atoms with van der Waals surface area (Å²) in [6, 6.07) is 5.22. The van der Waals surface area contributed by atoms with Crippen LogP contribution in [0.15, 0.2) is 43.0 Å². The van der Waals surface area contributed by atoms with Crippen molar-refractivity contribution in [2.45, 2.75) is 13.8 Å². The van der Waals surface area contributed by atoms with E-state index in [-0.39, 0.29) is 12.3 Å². The Morgan fingerprint density at radius 3 is 2.70 bits per heavy atom. The zero-order valence-corrected chi connectivity index (χ0v) is 14.8. The van der Waals surface area contributed by atoms with Gasteiger partial charge in [0.25, 0.3) is 5.88 Å². The van der Waals surface area contributed by atoms with E-state index in [9.17, 15) is 4.79 Å². The highest BCUT2D eigenvalue weighted by atomic mass is 16.5. The monoisotopic (exact) mass is 367 g/mol. The predicted molar refractivity (Wildman–Crippen MR) is 94.5 cm³/mol. The first-order chi connectivity index (χ1) is 13.2. The van der Waals surface area contributed by atoms with Gasteiger partial charge in [-0.25, -0.2) is 14.8 Å². The molecular formula is C18H17N5O4. The number of ether oxygens (including phenoxy) is 3. The van der Waals surface area contributed by atoms with E-state index in [1.165, 1.54) is 12.4 Å². The minimum Gasteiger partial charge on any atom is -0.488 e. The highest BCUT2D eigenvalue weighted by molar-refractivity contribution is 5.86. The van der Waals surface area contributed by atoms with Crippen molar-refractivity contribution in [2.75, 3.05) is 13.2 Å². The number of carbonyl (C=O) groups excluding carboxylic acids is 1. The molecule has 3 aromatic heterocycles. The van der Waals surface area contributed by atoms with Crippen LogP contribution >= 0.6 is 0 Å². The van der Waals surface area contributed by atoms with E-state index in [4.69, 9.17) is 14.2 Å². The number of carbonyl (C=O) groups is 1. The van der Waals surface area contributed by atoms with Gasteiger partial charge >= 0.3 is 5.97 Å². The largest absolute Gasteiger partial charge is 0.488 e. The number of hydrogen-bond donors (Lipinski definition) is 0. The molecule has 0 atom stereocenters. The van der Waals surface area contributed by atoms with Crippen LogP contribution in [0.5, 0.6) is 17.4 Å². The average molecular weight is 367 g/mol. The first kappa shape index (κ1) is 18.2. The van der Waals surface area contributed by atoms with E-state index in [1.807, 2.05) is 6.92 Å². The lowest BCUT2D eigenvalue weighted by atomic mass is 10.2. The third-order valence-corrected chi connectivity index (χ3v) is 3.27. The molecular weight excluding hydrogens is 350 g/mol. The highest BCUT2D eigenvalue weighted by Crippen LogP contribution is 2.29. The Bertz CT molecular complexity index is 918. The minimum atomic E-state index is -0.571. The lowest BCUT2D eigenvalue weighted by Crippen LogP contribution is -2.09. The van der Waals surface area contributed by atoms with Gasteiger partial charge < -0.3 is 14.2 Å². The standard InChI is InChI=1S/C18H17N5O4/c1-3-25-15-6-5-7-20-17(15)27-13-8-12(9-19-10-13)16-21-11-14(22-23-16)18(24)26-4-2/h5-11H,3-4H2,1-2H3. The van der Waals surface area contributed by atoms with E-state index in [1.54, 1.807) is 37.5 Å².